The summed E-state index contributed by atoms with van der Waals surface area (Å²) in [5.74, 6) is -2.47. The number of ether oxygens (including phenoxy) is 2. The van der Waals surface area contributed by atoms with Crippen molar-refractivity contribution in [2.45, 2.75) is 126 Å². The Labute approximate surface area is 335 Å². The molecule has 2 saturated heterocycles. The number of sulfonamides is 1. The van der Waals surface area contributed by atoms with Crippen LogP contribution in [0.5, 0.6) is 0 Å². The Morgan fingerprint density at radius 2 is 1.70 bits per heavy atom. The zero-order chi connectivity index (χ0) is 40.7. The number of nitrogens with zero attached hydrogens (tertiary/aromatic N) is 4. The number of piperazine rings is 1. The number of fused-ring (bicyclic) bond motifs is 3. The quantitative estimate of drug-likeness (QED) is 0.359. The number of likely N-dealkylation sites (N-methyl/N-ethyl adjacent to an activating group) is 1. The lowest BCUT2D eigenvalue weighted by Gasteiger charge is -2.34. The zero-order valence-corrected chi connectivity index (χ0v) is 34.3. The second-order valence-corrected chi connectivity index (χ2v) is 19.5. The number of rotatable bonds is 6. The monoisotopic (exact) mass is 811 g/mol. The van der Waals surface area contributed by atoms with Gasteiger partial charge in [-0.15, -0.1) is 0 Å². The van der Waals surface area contributed by atoms with E-state index in [9.17, 15) is 32.4 Å². The molecule has 16 nitrogen and oxygen atoms in total. The molecule has 4 aliphatic heterocycles. The summed E-state index contributed by atoms with van der Waals surface area (Å²) >= 11 is 0. The minimum Gasteiger partial charge on any atom is -0.444 e. The number of carbonyl (C=O) groups excluding carboxylic acids is 5. The van der Waals surface area contributed by atoms with E-state index in [1.54, 1.807) is 25.7 Å². The first-order chi connectivity index (χ1) is 27.0. The summed E-state index contributed by atoms with van der Waals surface area (Å²) in [7, 11) is -1.80. The second-order valence-electron chi connectivity index (χ2n) is 17.6. The normalized spacial score (nSPS) is 29.2. The summed E-state index contributed by atoms with van der Waals surface area (Å²) in [6.07, 6.45) is 5.70. The van der Waals surface area contributed by atoms with Gasteiger partial charge < -0.3 is 34.8 Å². The van der Waals surface area contributed by atoms with Gasteiger partial charge in [0, 0.05) is 57.3 Å². The number of carbonyl (C=O) groups is 5. The predicted molar refractivity (Wildman–Crippen MR) is 210 cm³/mol. The van der Waals surface area contributed by atoms with Crippen molar-refractivity contribution in [3.8, 4) is 0 Å². The SMILES string of the molecule is CN1CCN(c2ccc3c(c2)CN(C(=O)O[C@@H]2C[C@H]4C(=O)N[C@]5(C(=O)NS(=O)(=O)C6CC6)C[C@H]5/C=C/CCCCC[C@H](NC(=O)OC(C)(C)C)C(=O)N4C2)C3)CC1. The molecule has 0 radical (unpaired) electrons. The van der Waals surface area contributed by atoms with Gasteiger partial charge in [0.2, 0.25) is 21.8 Å². The van der Waals surface area contributed by atoms with Crippen molar-refractivity contribution in [2.75, 3.05) is 44.7 Å². The van der Waals surface area contributed by atoms with Crippen LogP contribution in [0.15, 0.2) is 30.4 Å². The molecule has 0 bridgehead atoms. The van der Waals surface area contributed by atoms with Crippen LogP contribution in [0, 0.1) is 5.92 Å². The summed E-state index contributed by atoms with van der Waals surface area (Å²) in [4.78, 5) is 76.8. The predicted octanol–water partition coefficient (Wildman–Crippen LogP) is 2.76. The van der Waals surface area contributed by atoms with E-state index >= 15 is 0 Å². The first-order valence-electron chi connectivity index (χ1n) is 20.4. The number of nitrogens with one attached hydrogen (secondary N) is 3. The fourth-order valence-corrected chi connectivity index (χ4v) is 9.65. The van der Waals surface area contributed by atoms with Gasteiger partial charge in [-0.05, 0) is 89.6 Å². The molecule has 5 atom stereocenters. The lowest BCUT2D eigenvalue weighted by atomic mass is 10.0. The smallest absolute Gasteiger partial charge is 0.410 e. The molecule has 2 saturated carbocycles. The Balaban J connectivity index is 1.10. The third-order valence-electron chi connectivity index (χ3n) is 11.8. The van der Waals surface area contributed by atoms with Crippen LogP contribution in [0.1, 0.15) is 89.7 Å². The number of allylic oxidation sites excluding steroid dienone is 1. The van der Waals surface area contributed by atoms with Crippen molar-refractivity contribution in [1.82, 2.24) is 30.1 Å². The molecule has 312 valence electrons. The van der Waals surface area contributed by atoms with Gasteiger partial charge in [0.1, 0.15) is 29.3 Å². The highest BCUT2D eigenvalue weighted by Gasteiger charge is 2.62. The Morgan fingerprint density at radius 1 is 0.965 bits per heavy atom. The summed E-state index contributed by atoms with van der Waals surface area (Å²) in [5.41, 5.74) is 0.820. The van der Waals surface area contributed by atoms with Gasteiger partial charge >= 0.3 is 12.2 Å². The molecule has 4 fully saturated rings. The molecule has 0 unspecified atom stereocenters. The van der Waals surface area contributed by atoms with Gasteiger partial charge in [-0.25, -0.2) is 18.0 Å². The average molecular weight is 812 g/mol. The van der Waals surface area contributed by atoms with Crippen molar-refractivity contribution in [3.05, 3.63) is 41.5 Å². The maximum Gasteiger partial charge on any atom is 0.410 e. The number of alkyl carbamates (subject to hydrolysis) is 1. The van der Waals surface area contributed by atoms with Gasteiger partial charge in [0.15, 0.2) is 0 Å². The Morgan fingerprint density at radius 3 is 2.42 bits per heavy atom. The number of anilines is 1. The van der Waals surface area contributed by atoms with Crippen molar-refractivity contribution >= 4 is 45.6 Å². The highest BCUT2D eigenvalue weighted by Crippen LogP contribution is 2.46. The highest BCUT2D eigenvalue weighted by molar-refractivity contribution is 7.91. The van der Waals surface area contributed by atoms with Gasteiger partial charge in [-0.1, -0.05) is 31.1 Å². The van der Waals surface area contributed by atoms with E-state index < -0.39 is 80.4 Å². The van der Waals surface area contributed by atoms with Crippen LogP contribution < -0.4 is 20.3 Å². The lowest BCUT2D eigenvalue weighted by Crippen LogP contribution is -2.58. The van der Waals surface area contributed by atoms with E-state index in [2.05, 4.69) is 44.3 Å². The van der Waals surface area contributed by atoms with E-state index in [1.165, 1.54) is 4.90 Å². The first kappa shape index (κ1) is 40.8. The Kier molecular flexibility index (Phi) is 11.5. The Bertz CT molecular complexity index is 1890. The molecule has 0 spiro atoms. The van der Waals surface area contributed by atoms with E-state index in [0.29, 0.717) is 38.8 Å². The van der Waals surface area contributed by atoms with Crippen LogP contribution in [0.25, 0.3) is 0 Å². The van der Waals surface area contributed by atoms with Crippen LogP contribution in [0.3, 0.4) is 0 Å². The van der Waals surface area contributed by atoms with Gasteiger partial charge in [0.05, 0.1) is 11.8 Å². The van der Waals surface area contributed by atoms with Crippen LogP contribution in [0.4, 0.5) is 15.3 Å². The number of amides is 5. The summed E-state index contributed by atoms with van der Waals surface area (Å²) < 4.78 is 39.4. The van der Waals surface area contributed by atoms with Crippen LogP contribution in [-0.4, -0.2) is 127 Å². The van der Waals surface area contributed by atoms with E-state index in [0.717, 1.165) is 55.8 Å². The average Bonchev–Trinajstić information content (AvgIpc) is 4.03. The molecule has 2 aliphatic carbocycles. The Hall–Kier alpha value is -4.38. The molecule has 57 heavy (non-hydrogen) atoms. The van der Waals surface area contributed by atoms with Crippen molar-refractivity contribution in [2.24, 2.45) is 5.92 Å². The molecular weight excluding hydrogens is 755 g/mol. The third kappa shape index (κ3) is 9.51. The fraction of sp³-hybridized carbons (Fsp3) is 0.675. The van der Waals surface area contributed by atoms with E-state index in [1.807, 2.05) is 18.2 Å². The van der Waals surface area contributed by atoms with Crippen LogP contribution >= 0.6 is 0 Å². The number of benzene rings is 1. The second kappa shape index (κ2) is 16.1. The number of hydrogen-bond donors (Lipinski definition) is 3. The number of hydrogen-bond acceptors (Lipinski definition) is 11. The van der Waals surface area contributed by atoms with Gasteiger partial charge in [0.25, 0.3) is 5.91 Å². The van der Waals surface area contributed by atoms with Gasteiger partial charge in [-0.2, -0.15) is 0 Å². The zero-order valence-electron chi connectivity index (χ0n) is 33.5. The fourth-order valence-electron chi connectivity index (χ4n) is 8.29. The maximum absolute atomic E-state index is 14.5. The standard InChI is InChI=1S/C40H57N7O9S/c1-39(2,3)56-37(51)41-32-11-9-7-5-6-8-10-28-22-40(28,36(50)43-57(53,54)31-14-15-31)42-34(48)33-21-30(25-47(33)35(32)49)55-38(52)46-23-26-12-13-29(20-27(26)24-46)45-18-16-44(4)17-19-45/h8,10,12-13,20,28,30-33H,5-7,9,11,14-19,21-25H2,1-4H3,(H,41,51)(H,42,48)(H,43,50)/b10-8+/t28-,30-,32+,33+,40-/m1/s1. The molecule has 5 amide bonds. The molecule has 7 rings (SSSR count). The third-order valence-corrected chi connectivity index (χ3v) is 13.7. The summed E-state index contributed by atoms with van der Waals surface area (Å²) in [5, 5.41) is 4.92. The molecule has 0 aromatic heterocycles. The molecule has 6 aliphatic rings. The molecule has 1 aromatic carbocycles. The highest BCUT2D eigenvalue weighted by atomic mass is 32.2. The van der Waals surface area contributed by atoms with Crippen molar-refractivity contribution in [1.29, 1.82) is 0 Å². The van der Waals surface area contributed by atoms with Crippen LogP contribution in [0.2, 0.25) is 0 Å². The largest absolute Gasteiger partial charge is 0.444 e. The van der Waals surface area contributed by atoms with Crippen molar-refractivity contribution in [3.63, 3.8) is 0 Å². The maximum atomic E-state index is 14.5. The topological polar surface area (TPSA) is 187 Å². The lowest BCUT2D eigenvalue weighted by molar-refractivity contribution is -0.141. The van der Waals surface area contributed by atoms with E-state index in [-0.39, 0.29) is 25.8 Å². The summed E-state index contributed by atoms with van der Waals surface area (Å²) in [6.45, 7) is 9.53. The van der Waals surface area contributed by atoms with Crippen molar-refractivity contribution < 1.29 is 41.9 Å². The molecule has 3 N–H and O–H groups in total. The molecule has 4 heterocycles. The molecule has 1 aromatic rings. The minimum absolute atomic E-state index is 0.0601. The minimum atomic E-state index is -3.91. The molecule has 17 heteroatoms. The first-order valence-corrected chi connectivity index (χ1v) is 21.9. The van der Waals surface area contributed by atoms with Gasteiger partial charge in [-0.3, -0.25) is 24.0 Å². The van der Waals surface area contributed by atoms with Crippen LogP contribution in [-0.2, 0) is 47.0 Å². The van der Waals surface area contributed by atoms with E-state index in [4.69, 9.17) is 9.47 Å². The molecular formula is C40H57N7O9S. The summed E-state index contributed by atoms with van der Waals surface area (Å²) in [6, 6.07) is 4.04.